The smallest absolute Gasteiger partial charge is 0.306 e. The summed E-state index contributed by atoms with van der Waals surface area (Å²) in [5.74, 6) is -0.871. The summed E-state index contributed by atoms with van der Waals surface area (Å²) >= 11 is 0. The van der Waals surface area contributed by atoms with Crippen LogP contribution in [0.3, 0.4) is 0 Å². The van der Waals surface area contributed by atoms with Gasteiger partial charge in [-0.3, -0.25) is 14.4 Å². The Hall–Kier alpha value is -2.37. The number of carbonyl (C=O) groups is 3. The van der Waals surface area contributed by atoms with Gasteiger partial charge >= 0.3 is 17.9 Å². The summed E-state index contributed by atoms with van der Waals surface area (Å²) in [7, 11) is 0. The van der Waals surface area contributed by atoms with E-state index < -0.39 is 6.10 Å². The van der Waals surface area contributed by atoms with Crippen LogP contribution in [0.1, 0.15) is 329 Å². The second kappa shape index (κ2) is 58.2. The summed E-state index contributed by atoms with van der Waals surface area (Å²) in [6.07, 6.45) is 70.5. The number of hydrogen-bond donors (Lipinski definition) is 0. The zero-order valence-corrected chi connectivity index (χ0v) is 46.3. The highest BCUT2D eigenvalue weighted by Gasteiger charge is 2.19. The van der Waals surface area contributed by atoms with Crippen molar-refractivity contribution in [1.29, 1.82) is 0 Å². The van der Waals surface area contributed by atoms with E-state index in [4.69, 9.17) is 14.2 Å². The molecular formula is C63H116O6. The van der Waals surface area contributed by atoms with Crippen LogP contribution in [0.4, 0.5) is 0 Å². The van der Waals surface area contributed by atoms with Gasteiger partial charge in [0, 0.05) is 19.3 Å². The van der Waals surface area contributed by atoms with Gasteiger partial charge in [0.25, 0.3) is 0 Å². The fourth-order valence-corrected chi connectivity index (χ4v) is 9.00. The van der Waals surface area contributed by atoms with E-state index in [1.807, 2.05) is 0 Å². The number of rotatable bonds is 56. The van der Waals surface area contributed by atoms with Crippen LogP contribution in [-0.4, -0.2) is 37.2 Å². The molecule has 0 bridgehead atoms. The number of esters is 3. The van der Waals surface area contributed by atoms with Gasteiger partial charge in [-0.1, -0.05) is 269 Å². The molecule has 0 fully saturated rings. The third-order valence-electron chi connectivity index (χ3n) is 13.6. The van der Waals surface area contributed by atoms with Gasteiger partial charge in [-0.15, -0.1) is 0 Å². The van der Waals surface area contributed by atoms with Gasteiger partial charge in [0.15, 0.2) is 6.10 Å². The van der Waals surface area contributed by atoms with Crippen LogP contribution in [0.2, 0.25) is 0 Å². The normalized spacial score (nSPS) is 12.2. The molecule has 6 heteroatoms. The van der Waals surface area contributed by atoms with Crippen LogP contribution in [0.15, 0.2) is 36.5 Å². The predicted molar refractivity (Wildman–Crippen MR) is 298 cm³/mol. The third kappa shape index (κ3) is 56.4. The number of unbranched alkanes of at least 4 members (excludes halogenated alkanes) is 39. The molecule has 1 unspecified atom stereocenters. The fraction of sp³-hybridized carbons (Fsp3) is 0.857. The molecule has 0 spiro atoms. The largest absolute Gasteiger partial charge is 0.462 e. The molecule has 0 N–H and O–H groups in total. The van der Waals surface area contributed by atoms with Gasteiger partial charge in [-0.2, -0.15) is 0 Å². The third-order valence-corrected chi connectivity index (χ3v) is 13.6. The topological polar surface area (TPSA) is 78.9 Å². The van der Waals surface area contributed by atoms with E-state index >= 15 is 0 Å². The maximum absolute atomic E-state index is 12.8. The van der Waals surface area contributed by atoms with E-state index in [0.29, 0.717) is 19.3 Å². The van der Waals surface area contributed by atoms with Gasteiger partial charge in [0.2, 0.25) is 0 Å². The quantitative estimate of drug-likeness (QED) is 0.0261. The average molecular weight is 970 g/mol. The first kappa shape index (κ1) is 66.6. The lowest BCUT2D eigenvalue weighted by molar-refractivity contribution is -0.167. The Morgan fingerprint density at radius 2 is 0.522 bits per heavy atom. The van der Waals surface area contributed by atoms with Crippen molar-refractivity contribution in [2.75, 3.05) is 13.2 Å². The molecule has 0 aromatic heterocycles. The summed E-state index contributed by atoms with van der Waals surface area (Å²) in [6, 6.07) is 0. The Labute approximate surface area is 429 Å². The SMILES string of the molecule is CCCCCCC/C=C\C/C=C\CCCCCCCCCCCCCCCC(=O)OCC(COC(=O)CCCCCCC)OC(=O)CCCCCCCCCCC/C=C\CCCCCCCCCC. The molecule has 0 rings (SSSR count). The van der Waals surface area contributed by atoms with Gasteiger partial charge in [-0.05, 0) is 77.0 Å². The van der Waals surface area contributed by atoms with Crippen LogP contribution in [-0.2, 0) is 28.6 Å². The van der Waals surface area contributed by atoms with Gasteiger partial charge in [0.1, 0.15) is 13.2 Å². The lowest BCUT2D eigenvalue weighted by Crippen LogP contribution is -2.30. The van der Waals surface area contributed by atoms with Gasteiger partial charge in [-0.25, -0.2) is 0 Å². The summed E-state index contributed by atoms with van der Waals surface area (Å²) in [5.41, 5.74) is 0. The number of hydrogen-bond acceptors (Lipinski definition) is 6. The predicted octanol–water partition coefficient (Wildman–Crippen LogP) is 20.4. The van der Waals surface area contributed by atoms with Crippen LogP contribution < -0.4 is 0 Å². The first-order valence-electron chi connectivity index (χ1n) is 30.5. The maximum atomic E-state index is 12.8. The first-order chi connectivity index (χ1) is 34.0. The monoisotopic (exact) mass is 969 g/mol. The molecule has 6 nitrogen and oxygen atoms in total. The zero-order chi connectivity index (χ0) is 50.0. The molecule has 0 saturated heterocycles. The highest BCUT2D eigenvalue weighted by atomic mass is 16.6. The summed E-state index contributed by atoms with van der Waals surface area (Å²) in [5, 5.41) is 0. The maximum Gasteiger partial charge on any atom is 0.306 e. The molecular weight excluding hydrogens is 853 g/mol. The zero-order valence-electron chi connectivity index (χ0n) is 46.3. The average Bonchev–Trinajstić information content (AvgIpc) is 3.35. The van der Waals surface area contributed by atoms with Crippen molar-refractivity contribution in [3.8, 4) is 0 Å². The van der Waals surface area contributed by atoms with Crippen molar-refractivity contribution in [3.05, 3.63) is 36.5 Å². The molecule has 0 aliphatic carbocycles. The van der Waals surface area contributed by atoms with Crippen molar-refractivity contribution < 1.29 is 28.6 Å². The molecule has 0 radical (unpaired) electrons. The first-order valence-corrected chi connectivity index (χ1v) is 30.5. The summed E-state index contributed by atoms with van der Waals surface area (Å²) in [6.45, 7) is 6.59. The molecule has 0 amide bonds. The molecule has 0 heterocycles. The molecule has 0 aromatic rings. The van der Waals surface area contributed by atoms with E-state index in [0.717, 1.165) is 70.6 Å². The molecule has 404 valence electrons. The van der Waals surface area contributed by atoms with Crippen LogP contribution in [0.5, 0.6) is 0 Å². The molecule has 0 aliphatic heterocycles. The van der Waals surface area contributed by atoms with Crippen molar-refractivity contribution in [2.24, 2.45) is 0 Å². The van der Waals surface area contributed by atoms with Crippen molar-refractivity contribution in [3.63, 3.8) is 0 Å². The van der Waals surface area contributed by atoms with Crippen molar-refractivity contribution in [2.45, 2.75) is 335 Å². The lowest BCUT2D eigenvalue weighted by atomic mass is 10.0. The minimum atomic E-state index is -0.768. The van der Waals surface area contributed by atoms with E-state index in [2.05, 4.69) is 57.2 Å². The minimum absolute atomic E-state index is 0.0707. The fourth-order valence-electron chi connectivity index (χ4n) is 9.00. The second-order valence-electron chi connectivity index (χ2n) is 20.6. The molecule has 0 aliphatic rings. The number of ether oxygens (including phenoxy) is 3. The van der Waals surface area contributed by atoms with E-state index in [1.165, 1.54) is 218 Å². The van der Waals surface area contributed by atoms with E-state index in [1.54, 1.807) is 0 Å². The van der Waals surface area contributed by atoms with E-state index in [9.17, 15) is 14.4 Å². The highest BCUT2D eigenvalue weighted by molar-refractivity contribution is 5.71. The molecule has 0 saturated carbocycles. The standard InChI is InChI=1S/C63H116O6/c1-4-7-10-13-15-17-19-21-23-25-27-29-30-31-32-34-35-37-39-41-43-45-47-50-53-56-62(65)68-59-60(58-67-61(64)55-52-49-12-9-6-3)69-63(66)57-54-51-48-46-44-42-40-38-36-33-28-26-24-22-20-18-16-14-11-8-5-2/h19,21,25-28,60H,4-18,20,22-24,29-59H2,1-3H3/b21-19-,27-25-,28-26-. The van der Waals surface area contributed by atoms with Crippen molar-refractivity contribution in [1.82, 2.24) is 0 Å². The van der Waals surface area contributed by atoms with Crippen LogP contribution in [0, 0.1) is 0 Å². The van der Waals surface area contributed by atoms with E-state index in [-0.39, 0.29) is 31.1 Å². The Morgan fingerprint density at radius 1 is 0.290 bits per heavy atom. The molecule has 0 aromatic carbocycles. The van der Waals surface area contributed by atoms with Gasteiger partial charge < -0.3 is 14.2 Å². The van der Waals surface area contributed by atoms with Crippen LogP contribution in [0.25, 0.3) is 0 Å². The minimum Gasteiger partial charge on any atom is -0.462 e. The lowest BCUT2D eigenvalue weighted by Gasteiger charge is -2.18. The summed E-state index contributed by atoms with van der Waals surface area (Å²) < 4.78 is 16.8. The van der Waals surface area contributed by atoms with Crippen molar-refractivity contribution >= 4 is 17.9 Å². The Morgan fingerprint density at radius 3 is 0.812 bits per heavy atom. The second-order valence-corrected chi connectivity index (χ2v) is 20.6. The number of allylic oxidation sites excluding steroid dienone is 6. The molecule has 69 heavy (non-hydrogen) atoms. The number of carbonyl (C=O) groups excluding carboxylic acids is 3. The Kier molecular flexibility index (Phi) is 56.2. The van der Waals surface area contributed by atoms with Crippen LogP contribution >= 0.6 is 0 Å². The Balaban J connectivity index is 4.03. The van der Waals surface area contributed by atoms with Gasteiger partial charge in [0.05, 0.1) is 0 Å². The Bertz CT molecular complexity index is 1160. The highest BCUT2D eigenvalue weighted by Crippen LogP contribution is 2.17. The molecule has 1 atom stereocenters. The summed E-state index contributed by atoms with van der Waals surface area (Å²) in [4.78, 5) is 37.9.